The van der Waals surface area contributed by atoms with Gasteiger partial charge in [0.2, 0.25) is 15.9 Å². The highest BCUT2D eigenvalue weighted by Crippen LogP contribution is 2.47. The van der Waals surface area contributed by atoms with E-state index in [-0.39, 0.29) is 29.7 Å². The Bertz CT molecular complexity index is 662. The molecule has 0 aromatic carbocycles. The third-order valence-electron chi connectivity index (χ3n) is 4.80. The molecule has 2 N–H and O–H groups in total. The summed E-state index contributed by atoms with van der Waals surface area (Å²) in [6, 6.07) is 3.84. The summed E-state index contributed by atoms with van der Waals surface area (Å²) in [6.45, 7) is 0.544. The lowest BCUT2D eigenvalue weighted by atomic mass is 10.0. The Morgan fingerprint density at radius 1 is 1.39 bits per heavy atom. The highest BCUT2D eigenvalue weighted by atomic mass is 32.2. The zero-order chi connectivity index (χ0) is 16.4. The Morgan fingerprint density at radius 3 is 2.91 bits per heavy atom. The van der Waals surface area contributed by atoms with Crippen LogP contribution in [0.5, 0.6) is 0 Å². The van der Waals surface area contributed by atoms with Gasteiger partial charge in [-0.05, 0) is 42.7 Å². The number of carbonyl (C=O) groups is 1. The maximum Gasteiger partial charge on any atom is 0.223 e. The molecule has 1 aromatic rings. The van der Waals surface area contributed by atoms with Crippen molar-refractivity contribution in [1.82, 2.24) is 15.0 Å². The van der Waals surface area contributed by atoms with E-state index in [2.05, 4.69) is 15.0 Å². The molecule has 0 aliphatic heterocycles. The van der Waals surface area contributed by atoms with Gasteiger partial charge in [0.25, 0.3) is 0 Å². The van der Waals surface area contributed by atoms with Gasteiger partial charge in [0.05, 0.1) is 6.26 Å². The number of sulfonamides is 1. The van der Waals surface area contributed by atoms with Crippen LogP contribution < -0.4 is 10.0 Å². The van der Waals surface area contributed by atoms with E-state index in [0.29, 0.717) is 6.54 Å². The molecule has 0 saturated heterocycles. The third-order valence-corrected chi connectivity index (χ3v) is 5.53. The number of nitrogens with zero attached hydrogens (tertiary/aromatic N) is 1. The van der Waals surface area contributed by atoms with Crippen molar-refractivity contribution in [2.45, 2.75) is 37.6 Å². The van der Waals surface area contributed by atoms with Gasteiger partial charge in [0.1, 0.15) is 0 Å². The molecule has 0 radical (unpaired) electrons. The lowest BCUT2D eigenvalue weighted by molar-refractivity contribution is -0.122. The number of aromatic nitrogens is 1. The zero-order valence-electron chi connectivity index (χ0n) is 13.2. The van der Waals surface area contributed by atoms with E-state index in [1.54, 1.807) is 6.20 Å². The lowest BCUT2D eigenvalue weighted by Crippen LogP contribution is -2.41. The Labute approximate surface area is 137 Å². The van der Waals surface area contributed by atoms with Crippen molar-refractivity contribution in [2.75, 3.05) is 12.8 Å². The summed E-state index contributed by atoms with van der Waals surface area (Å²) >= 11 is 0. The van der Waals surface area contributed by atoms with Crippen LogP contribution >= 0.6 is 0 Å². The number of hydrogen-bond acceptors (Lipinski definition) is 4. The third kappa shape index (κ3) is 4.29. The fraction of sp³-hybridized carbons (Fsp3) is 0.625. The molecule has 0 unspecified atom stereocenters. The smallest absolute Gasteiger partial charge is 0.223 e. The van der Waals surface area contributed by atoms with Gasteiger partial charge in [-0.25, -0.2) is 13.1 Å². The maximum absolute atomic E-state index is 12.3. The van der Waals surface area contributed by atoms with E-state index in [1.165, 1.54) is 6.26 Å². The number of carbonyl (C=O) groups excluding carboxylic acids is 1. The van der Waals surface area contributed by atoms with Gasteiger partial charge in [-0.2, -0.15) is 0 Å². The summed E-state index contributed by atoms with van der Waals surface area (Å²) in [6.07, 6.45) is 8.39. The first-order valence-electron chi connectivity index (χ1n) is 8.09. The summed E-state index contributed by atoms with van der Waals surface area (Å²) in [5.74, 6) is 0.562. The first-order chi connectivity index (χ1) is 10.9. The van der Waals surface area contributed by atoms with Crippen molar-refractivity contribution in [3.63, 3.8) is 0 Å². The first-order valence-corrected chi connectivity index (χ1v) is 9.98. The van der Waals surface area contributed by atoms with Gasteiger partial charge in [0, 0.05) is 30.9 Å². The van der Waals surface area contributed by atoms with Gasteiger partial charge < -0.3 is 5.32 Å². The van der Waals surface area contributed by atoms with Crippen LogP contribution in [0.3, 0.4) is 0 Å². The zero-order valence-corrected chi connectivity index (χ0v) is 14.1. The number of amides is 1. The van der Waals surface area contributed by atoms with Crippen molar-refractivity contribution in [2.24, 2.45) is 11.8 Å². The van der Waals surface area contributed by atoms with Gasteiger partial charge >= 0.3 is 0 Å². The average molecular weight is 337 g/mol. The van der Waals surface area contributed by atoms with Crippen LogP contribution in [-0.2, 0) is 14.8 Å². The molecule has 3 rings (SSSR count). The molecule has 1 amide bonds. The number of rotatable bonds is 6. The topological polar surface area (TPSA) is 88.2 Å². The lowest BCUT2D eigenvalue weighted by Gasteiger charge is -2.20. The van der Waals surface area contributed by atoms with Crippen LogP contribution in [0, 0.1) is 11.8 Å². The summed E-state index contributed by atoms with van der Waals surface area (Å²) in [5, 5.41) is 3.01. The van der Waals surface area contributed by atoms with Crippen molar-refractivity contribution >= 4 is 15.9 Å². The molecule has 23 heavy (non-hydrogen) atoms. The fourth-order valence-corrected chi connectivity index (χ4v) is 4.38. The molecule has 0 spiro atoms. The summed E-state index contributed by atoms with van der Waals surface area (Å²) < 4.78 is 25.5. The Kier molecular flexibility index (Phi) is 4.68. The molecule has 7 heteroatoms. The molecule has 2 aliphatic carbocycles. The molecule has 4 atom stereocenters. The Morgan fingerprint density at radius 2 is 2.22 bits per heavy atom. The van der Waals surface area contributed by atoms with Gasteiger partial charge in [-0.3, -0.25) is 9.78 Å². The minimum absolute atomic E-state index is 0.0296. The van der Waals surface area contributed by atoms with E-state index in [4.69, 9.17) is 0 Å². The number of nitrogens with one attached hydrogen (secondary N) is 2. The van der Waals surface area contributed by atoms with Crippen molar-refractivity contribution in [3.05, 3.63) is 30.1 Å². The second-order valence-electron chi connectivity index (χ2n) is 6.67. The molecular weight excluding hydrogens is 314 g/mol. The highest BCUT2D eigenvalue weighted by molar-refractivity contribution is 7.88. The van der Waals surface area contributed by atoms with Gasteiger partial charge in [0.15, 0.2) is 0 Å². The molecule has 2 saturated carbocycles. The molecule has 126 valence electrons. The van der Waals surface area contributed by atoms with E-state index in [9.17, 15) is 13.2 Å². The Balaban J connectivity index is 1.48. The van der Waals surface area contributed by atoms with E-state index in [0.717, 1.165) is 31.2 Å². The molecule has 1 heterocycles. The monoisotopic (exact) mass is 337 g/mol. The largest absolute Gasteiger partial charge is 0.356 e. The van der Waals surface area contributed by atoms with Crippen molar-refractivity contribution in [1.29, 1.82) is 0 Å². The molecule has 1 aromatic heterocycles. The standard InChI is InChI=1S/C16H23N3O3S/c1-23(21,22)19-15-6-2-4-12(15)10-18-16(20)14-8-13(14)11-5-3-7-17-9-11/h3,5,7,9,12-15,19H,2,4,6,8,10H2,1H3,(H,18,20)/t12-,13-,14+,15+/m0/s1. The molecule has 6 nitrogen and oxygen atoms in total. The quantitative estimate of drug-likeness (QED) is 0.811. The van der Waals surface area contributed by atoms with Crippen LogP contribution in [0.25, 0.3) is 0 Å². The Hall–Kier alpha value is -1.47. The van der Waals surface area contributed by atoms with Crippen molar-refractivity contribution in [3.8, 4) is 0 Å². The van der Waals surface area contributed by atoms with Crippen LogP contribution in [0.2, 0.25) is 0 Å². The van der Waals surface area contributed by atoms with Crippen LogP contribution in [0.15, 0.2) is 24.5 Å². The van der Waals surface area contributed by atoms with Crippen LogP contribution in [-0.4, -0.2) is 38.2 Å². The van der Waals surface area contributed by atoms with Gasteiger partial charge in [-0.15, -0.1) is 0 Å². The highest BCUT2D eigenvalue weighted by Gasteiger charge is 2.44. The van der Waals surface area contributed by atoms with Crippen LogP contribution in [0.1, 0.15) is 37.2 Å². The number of hydrogen-bond donors (Lipinski definition) is 2. The summed E-state index contributed by atoms with van der Waals surface area (Å²) in [7, 11) is -3.20. The predicted molar refractivity (Wildman–Crippen MR) is 87.2 cm³/mol. The SMILES string of the molecule is CS(=O)(=O)N[C@@H]1CCC[C@H]1CNC(=O)[C@@H]1C[C@H]1c1cccnc1. The van der Waals surface area contributed by atoms with E-state index < -0.39 is 10.0 Å². The fourth-order valence-electron chi connectivity index (χ4n) is 3.52. The minimum atomic E-state index is -3.20. The van der Waals surface area contributed by atoms with Gasteiger partial charge in [-0.1, -0.05) is 12.5 Å². The van der Waals surface area contributed by atoms with Crippen molar-refractivity contribution < 1.29 is 13.2 Å². The van der Waals surface area contributed by atoms with E-state index >= 15 is 0 Å². The molecule has 0 bridgehead atoms. The molecule has 2 fully saturated rings. The molecular formula is C16H23N3O3S. The average Bonchev–Trinajstić information content (AvgIpc) is 3.20. The molecule has 2 aliphatic rings. The second-order valence-corrected chi connectivity index (χ2v) is 8.45. The maximum atomic E-state index is 12.3. The van der Waals surface area contributed by atoms with Crippen LogP contribution in [0.4, 0.5) is 0 Å². The summed E-state index contributed by atoms with van der Waals surface area (Å²) in [4.78, 5) is 16.4. The normalized spacial score (nSPS) is 30.1. The minimum Gasteiger partial charge on any atom is -0.356 e. The number of pyridine rings is 1. The first kappa shape index (κ1) is 16.4. The second kappa shape index (κ2) is 6.57. The summed E-state index contributed by atoms with van der Waals surface area (Å²) in [5.41, 5.74) is 1.12. The van der Waals surface area contributed by atoms with E-state index in [1.807, 2.05) is 18.3 Å². The predicted octanol–water partition coefficient (Wildman–Crippen LogP) is 1.02.